The third-order valence-corrected chi connectivity index (χ3v) is 3.05. The molecule has 0 aromatic carbocycles. The fourth-order valence-corrected chi connectivity index (χ4v) is 1.89. The molecule has 0 amide bonds. The summed E-state index contributed by atoms with van der Waals surface area (Å²) in [6, 6.07) is 1.83. The number of anilines is 1. The molecule has 0 atom stereocenters. The zero-order chi connectivity index (χ0) is 10.6. The zero-order valence-corrected chi connectivity index (χ0v) is 9.16. The zero-order valence-electron chi connectivity index (χ0n) is 9.16. The summed E-state index contributed by atoms with van der Waals surface area (Å²) in [7, 11) is 0. The highest BCUT2D eigenvalue weighted by Crippen LogP contribution is 2.27. The van der Waals surface area contributed by atoms with Crippen molar-refractivity contribution in [3.63, 3.8) is 0 Å². The van der Waals surface area contributed by atoms with Gasteiger partial charge in [0.05, 0.1) is 0 Å². The van der Waals surface area contributed by atoms with E-state index in [1.54, 1.807) is 12.4 Å². The minimum Gasteiger partial charge on any atom is -0.354 e. The lowest BCUT2D eigenvalue weighted by molar-refractivity contribution is 0.247. The Balaban J connectivity index is 1.87. The molecule has 2 heterocycles. The molecule has 4 nitrogen and oxygen atoms in total. The van der Waals surface area contributed by atoms with Crippen LogP contribution in [-0.2, 0) is 0 Å². The molecule has 0 radical (unpaired) electrons. The molecule has 4 heteroatoms. The summed E-state index contributed by atoms with van der Waals surface area (Å²) in [6.07, 6.45) is 5.96. The Morgan fingerprint density at radius 2 is 2.00 bits per heavy atom. The van der Waals surface area contributed by atoms with Crippen LogP contribution < -0.4 is 10.6 Å². The first-order valence-electron chi connectivity index (χ1n) is 5.50. The van der Waals surface area contributed by atoms with E-state index in [0.717, 1.165) is 25.6 Å². The van der Waals surface area contributed by atoms with Crippen molar-refractivity contribution in [1.29, 1.82) is 0 Å². The lowest BCUT2D eigenvalue weighted by Gasteiger charge is -2.34. The van der Waals surface area contributed by atoms with E-state index in [1.165, 1.54) is 12.8 Å². The van der Waals surface area contributed by atoms with E-state index in [4.69, 9.17) is 0 Å². The number of aromatic nitrogens is 2. The largest absolute Gasteiger partial charge is 0.354 e. The highest BCUT2D eigenvalue weighted by molar-refractivity contribution is 5.22. The second-order valence-electron chi connectivity index (χ2n) is 4.49. The maximum atomic E-state index is 4.16. The summed E-state index contributed by atoms with van der Waals surface area (Å²) in [5.41, 5.74) is 0.379. The van der Waals surface area contributed by atoms with Crippen LogP contribution in [0.5, 0.6) is 0 Å². The first kappa shape index (κ1) is 10.4. The van der Waals surface area contributed by atoms with Gasteiger partial charge in [-0.25, -0.2) is 9.97 Å². The second-order valence-corrected chi connectivity index (χ2v) is 4.49. The average molecular weight is 206 g/mol. The van der Waals surface area contributed by atoms with Crippen LogP contribution in [0.1, 0.15) is 19.8 Å². The second kappa shape index (κ2) is 4.57. The van der Waals surface area contributed by atoms with Crippen molar-refractivity contribution in [2.45, 2.75) is 19.8 Å². The maximum absolute atomic E-state index is 4.16. The number of hydrogen-bond donors (Lipinski definition) is 2. The predicted molar refractivity (Wildman–Crippen MR) is 60.7 cm³/mol. The summed E-state index contributed by atoms with van der Waals surface area (Å²) in [4.78, 5) is 8.31. The van der Waals surface area contributed by atoms with Gasteiger partial charge in [-0.05, 0) is 37.4 Å². The molecule has 0 unspecified atom stereocenters. The van der Waals surface area contributed by atoms with Crippen molar-refractivity contribution in [1.82, 2.24) is 15.3 Å². The Hall–Kier alpha value is -1.16. The SMILES string of the molecule is CC1(CNc2ncccn2)CCNCC1. The molecule has 1 aliphatic rings. The van der Waals surface area contributed by atoms with Gasteiger partial charge < -0.3 is 10.6 Å². The van der Waals surface area contributed by atoms with Crippen molar-refractivity contribution < 1.29 is 0 Å². The molecule has 0 bridgehead atoms. The van der Waals surface area contributed by atoms with Crippen molar-refractivity contribution >= 4 is 5.95 Å². The van der Waals surface area contributed by atoms with Crippen LogP contribution in [0.3, 0.4) is 0 Å². The first-order valence-corrected chi connectivity index (χ1v) is 5.50. The molecule has 1 fully saturated rings. The Morgan fingerprint density at radius 1 is 1.33 bits per heavy atom. The van der Waals surface area contributed by atoms with Gasteiger partial charge in [0.25, 0.3) is 0 Å². The number of nitrogens with one attached hydrogen (secondary N) is 2. The van der Waals surface area contributed by atoms with E-state index in [0.29, 0.717) is 5.41 Å². The lowest BCUT2D eigenvalue weighted by Crippen LogP contribution is -2.39. The minimum atomic E-state index is 0.379. The Kier molecular flexibility index (Phi) is 3.16. The van der Waals surface area contributed by atoms with E-state index in [1.807, 2.05) is 6.07 Å². The van der Waals surface area contributed by atoms with E-state index >= 15 is 0 Å². The summed E-state index contributed by atoms with van der Waals surface area (Å²) in [5.74, 6) is 0.734. The van der Waals surface area contributed by atoms with Crippen LogP contribution in [0.2, 0.25) is 0 Å². The Morgan fingerprint density at radius 3 is 2.67 bits per heavy atom. The smallest absolute Gasteiger partial charge is 0.222 e. The fourth-order valence-electron chi connectivity index (χ4n) is 1.89. The van der Waals surface area contributed by atoms with Gasteiger partial charge in [-0.1, -0.05) is 6.92 Å². The molecule has 82 valence electrons. The molecule has 2 rings (SSSR count). The quantitative estimate of drug-likeness (QED) is 0.782. The molecule has 0 aliphatic carbocycles. The predicted octanol–water partition coefficient (Wildman–Crippen LogP) is 1.28. The van der Waals surface area contributed by atoms with Crippen LogP contribution in [0.15, 0.2) is 18.5 Å². The van der Waals surface area contributed by atoms with Crippen molar-refractivity contribution in [3.05, 3.63) is 18.5 Å². The van der Waals surface area contributed by atoms with E-state index < -0.39 is 0 Å². The van der Waals surface area contributed by atoms with Gasteiger partial charge in [0.1, 0.15) is 0 Å². The van der Waals surface area contributed by atoms with Crippen molar-refractivity contribution in [2.75, 3.05) is 25.0 Å². The summed E-state index contributed by atoms with van der Waals surface area (Å²) in [5, 5.41) is 6.68. The van der Waals surface area contributed by atoms with Crippen LogP contribution in [0, 0.1) is 5.41 Å². The molecular weight excluding hydrogens is 188 g/mol. The normalized spacial score (nSPS) is 19.8. The van der Waals surface area contributed by atoms with Crippen LogP contribution in [0.25, 0.3) is 0 Å². The van der Waals surface area contributed by atoms with Gasteiger partial charge in [0.15, 0.2) is 0 Å². The van der Waals surface area contributed by atoms with Gasteiger partial charge >= 0.3 is 0 Å². The number of rotatable bonds is 3. The molecule has 0 spiro atoms. The molecule has 1 aromatic rings. The molecule has 1 aliphatic heterocycles. The summed E-state index contributed by atoms with van der Waals surface area (Å²) >= 11 is 0. The first-order chi connectivity index (χ1) is 7.29. The maximum Gasteiger partial charge on any atom is 0.222 e. The third kappa shape index (κ3) is 2.89. The summed E-state index contributed by atoms with van der Waals surface area (Å²) < 4.78 is 0. The summed E-state index contributed by atoms with van der Waals surface area (Å²) in [6.45, 7) is 5.52. The molecule has 0 saturated carbocycles. The van der Waals surface area contributed by atoms with Crippen molar-refractivity contribution in [3.8, 4) is 0 Å². The molecular formula is C11H18N4. The minimum absolute atomic E-state index is 0.379. The monoisotopic (exact) mass is 206 g/mol. The van der Waals surface area contributed by atoms with Crippen LogP contribution in [0.4, 0.5) is 5.95 Å². The van der Waals surface area contributed by atoms with Gasteiger partial charge in [-0.15, -0.1) is 0 Å². The highest BCUT2D eigenvalue weighted by Gasteiger charge is 2.26. The van der Waals surface area contributed by atoms with Gasteiger partial charge in [-0.2, -0.15) is 0 Å². The number of hydrogen-bond acceptors (Lipinski definition) is 4. The Bertz CT molecular complexity index is 293. The van der Waals surface area contributed by atoms with Gasteiger partial charge in [-0.3, -0.25) is 0 Å². The van der Waals surface area contributed by atoms with Gasteiger partial charge in [0, 0.05) is 18.9 Å². The Labute approximate surface area is 90.5 Å². The number of nitrogens with zero attached hydrogens (tertiary/aromatic N) is 2. The lowest BCUT2D eigenvalue weighted by atomic mass is 9.81. The molecule has 1 saturated heterocycles. The van der Waals surface area contributed by atoms with Gasteiger partial charge in [0.2, 0.25) is 5.95 Å². The third-order valence-electron chi connectivity index (χ3n) is 3.05. The average Bonchev–Trinajstić information content (AvgIpc) is 2.29. The molecule has 15 heavy (non-hydrogen) atoms. The topological polar surface area (TPSA) is 49.8 Å². The standard InChI is InChI=1S/C11H18N4/c1-11(3-7-12-8-4-11)9-15-10-13-5-2-6-14-10/h2,5-6,12H,3-4,7-9H2,1H3,(H,13,14,15). The van der Waals surface area contributed by atoms with Crippen molar-refractivity contribution in [2.24, 2.45) is 5.41 Å². The van der Waals surface area contributed by atoms with E-state index in [9.17, 15) is 0 Å². The molecule has 2 N–H and O–H groups in total. The number of piperidine rings is 1. The highest BCUT2D eigenvalue weighted by atomic mass is 15.1. The molecule has 1 aromatic heterocycles. The fraction of sp³-hybridized carbons (Fsp3) is 0.636. The van der Waals surface area contributed by atoms with Crippen LogP contribution in [-0.4, -0.2) is 29.6 Å². The van der Waals surface area contributed by atoms with E-state index in [2.05, 4.69) is 27.5 Å². The van der Waals surface area contributed by atoms with Crippen LogP contribution >= 0.6 is 0 Å². The van der Waals surface area contributed by atoms with E-state index in [-0.39, 0.29) is 0 Å².